The first-order valence-corrected chi connectivity index (χ1v) is 6.48. The van der Waals surface area contributed by atoms with Crippen molar-refractivity contribution in [1.29, 1.82) is 0 Å². The van der Waals surface area contributed by atoms with Crippen LogP contribution in [0.1, 0.15) is 13.3 Å². The van der Waals surface area contributed by atoms with Crippen LogP contribution in [0.4, 0.5) is 5.69 Å². The second-order valence-electron chi connectivity index (χ2n) is 3.93. The highest BCUT2D eigenvalue weighted by Crippen LogP contribution is 2.34. The molecule has 86 valence electrons. The summed E-state index contributed by atoms with van der Waals surface area (Å²) < 4.78 is 0. The molecule has 1 heterocycles. The second kappa shape index (κ2) is 4.89. The molecule has 2 rings (SSSR count). The van der Waals surface area contributed by atoms with E-state index in [1.165, 1.54) is 4.90 Å². The van der Waals surface area contributed by atoms with Crippen LogP contribution < -0.4 is 10.6 Å². The summed E-state index contributed by atoms with van der Waals surface area (Å²) >= 11 is 1.60. The summed E-state index contributed by atoms with van der Waals surface area (Å²) in [6.45, 7) is 2.66. The zero-order valence-corrected chi connectivity index (χ0v) is 10.2. The Bertz CT molecular complexity index is 394. The molecule has 1 aliphatic rings. The number of rotatable bonds is 3. The highest BCUT2D eigenvalue weighted by Gasteiger charge is 2.25. The number of anilines is 1. The van der Waals surface area contributed by atoms with Gasteiger partial charge < -0.3 is 10.6 Å². The van der Waals surface area contributed by atoms with Crippen molar-refractivity contribution in [3.05, 3.63) is 24.3 Å². The summed E-state index contributed by atoms with van der Waals surface area (Å²) in [7, 11) is 0. The summed E-state index contributed by atoms with van der Waals surface area (Å²) in [5.74, 6) is 0.681. The first-order valence-electron chi connectivity index (χ1n) is 5.50. The highest BCUT2D eigenvalue weighted by molar-refractivity contribution is 8.00. The minimum absolute atomic E-state index is 0.0557. The molecule has 16 heavy (non-hydrogen) atoms. The molecule has 1 amide bonds. The van der Waals surface area contributed by atoms with Gasteiger partial charge in [-0.2, -0.15) is 0 Å². The first-order chi connectivity index (χ1) is 7.72. The molecule has 0 aromatic heterocycles. The van der Waals surface area contributed by atoms with Gasteiger partial charge in [0, 0.05) is 17.5 Å². The van der Waals surface area contributed by atoms with Crippen LogP contribution in [-0.4, -0.2) is 24.2 Å². The van der Waals surface area contributed by atoms with Gasteiger partial charge in [0.05, 0.1) is 11.4 Å². The van der Waals surface area contributed by atoms with E-state index in [1.54, 1.807) is 11.8 Å². The lowest BCUT2D eigenvalue weighted by Crippen LogP contribution is -2.43. The predicted molar refractivity (Wildman–Crippen MR) is 67.8 cm³/mol. The normalized spacial score (nSPS) is 17.1. The summed E-state index contributed by atoms with van der Waals surface area (Å²) in [5.41, 5.74) is 6.93. The zero-order chi connectivity index (χ0) is 11.5. The van der Waals surface area contributed by atoms with Crippen molar-refractivity contribution in [2.75, 3.05) is 17.2 Å². The number of nitrogens with two attached hydrogens (primary N) is 1. The van der Waals surface area contributed by atoms with Crippen LogP contribution in [0.5, 0.6) is 0 Å². The molecule has 1 aliphatic heterocycles. The molecule has 1 aromatic rings. The number of para-hydroxylation sites is 1. The number of hydrogen-bond donors (Lipinski definition) is 1. The molecular weight excluding hydrogens is 220 g/mol. The fourth-order valence-corrected chi connectivity index (χ4v) is 2.65. The lowest BCUT2D eigenvalue weighted by molar-refractivity contribution is -0.116. The first kappa shape index (κ1) is 11.5. The monoisotopic (exact) mass is 236 g/mol. The minimum atomic E-state index is 0.0557. The van der Waals surface area contributed by atoms with Gasteiger partial charge in [-0.25, -0.2) is 0 Å². The number of thioether (sulfide) groups is 1. The topological polar surface area (TPSA) is 46.3 Å². The Labute approximate surface area is 100.0 Å². The highest BCUT2D eigenvalue weighted by atomic mass is 32.2. The van der Waals surface area contributed by atoms with Crippen molar-refractivity contribution in [3.63, 3.8) is 0 Å². The lowest BCUT2D eigenvalue weighted by Gasteiger charge is -2.30. The van der Waals surface area contributed by atoms with Gasteiger partial charge in [-0.05, 0) is 18.6 Å². The molecule has 1 atom stereocenters. The molecule has 0 saturated heterocycles. The van der Waals surface area contributed by atoms with E-state index in [9.17, 15) is 4.79 Å². The van der Waals surface area contributed by atoms with Crippen molar-refractivity contribution in [1.82, 2.24) is 0 Å². The van der Waals surface area contributed by atoms with Crippen LogP contribution in [0, 0.1) is 0 Å². The third-order valence-corrected chi connectivity index (χ3v) is 3.80. The van der Waals surface area contributed by atoms with Gasteiger partial charge in [-0.1, -0.05) is 19.1 Å². The maximum Gasteiger partial charge on any atom is 0.237 e. The Morgan fingerprint density at radius 1 is 1.50 bits per heavy atom. The van der Waals surface area contributed by atoms with E-state index in [2.05, 4.69) is 6.07 Å². The molecule has 0 fully saturated rings. The maximum absolute atomic E-state index is 11.9. The van der Waals surface area contributed by atoms with Crippen molar-refractivity contribution in [2.24, 2.45) is 5.73 Å². The largest absolute Gasteiger partial charge is 0.326 e. The molecule has 3 nitrogen and oxygen atoms in total. The van der Waals surface area contributed by atoms with Crippen molar-refractivity contribution in [2.45, 2.75) is 24.3 Å². The number of nitrogens with zero attached hydrogens (tertiary/aromatic N) is 1. The quantitative estimate of drug-likeness (QED) is 0.871. The molecule has 0 spiro atoms. The van der Waals surface area contributed by atoms with Crippen LogP contribution >= 0.6 is 11.8 Å². The maximum atomic E-state index is 11.9. The molecule has 0 radical (unpaired) electrons. The average molecular weight is 236 g/mol. The number of hydrogen-bond acceptors (Lipinski definition) is 3. The average Bonchev–Trinajstić information content (AvgIpc) is 2.32. The van der Waals surface area contributed by atoms with Crippen LogP contribution in [0.25, 0.3) is 0 Å². The van der Waals surface area contributed by atoms with Gasteiger partial charge >= 0.3 is 0 Å². The Morgan fingerprint density at radius 2 is 2.25 bits per heavy atom. The molecule has 2 N–H and O–H groups in total. The van der Waals surface area contributed by atoms with E-state index in [0.29, 0.717) is 12.3 Å². The van der Waals surface area contributed by atoms with E-state index < -0.39 is 0 Å². The smallest absolute Gasteiger partial charge is 0.237 e. The molecule has 0 saturated carbocycles. The SMILES string of the molecule is CCC(N)CN1C(=O)CSc2ccccc21. The molecule has 1 aromatic carbocycles. The molecule has 1 unspecified atom stereocenters. The van der Waals surface area contributed by atoms with E-state index in [4.69, 9.17) is 5.73 Å². The third-order valence-electron chi connectivity index (χ3n) is 2.75. The van der Waals surface area contributed by atoms with Gasteiger partial charge in [0.1, 0.15) is 0 Å². The van der Waals surface area contributed by atoms with Crippen LogP contribution in [0.3, 0.4) is 0 Å². The Kier molecular flexibility index (Phi) is 3.51. The van der Waals surface area contributed by atoms with Crippen LogP contribution in [-0.2, 0) is 4.79 Å². The Morgan fingerprint density at radius 3 is 3.00 bits per heavy atom. The van der Waals surface area contributed by atoms with Gasteiger partial charge in [0.25, 0.3) is 0 Å². The van der Waals surface area contributed by atoms with Crippen LogP contribution in [0.2, 0.25) is 0 Å². The Hall–Kier alpha value is -1.00. The van der Waals surface area contributed by atoms with E-state index >= 15 is 0 Å². The van der Waals surface area contributed by atoms with E-state index in [0.717, 1.165) is 12.1 Å². The number of carbonyl (C=O) groups is 1. The summed E-state index contributed by atoms with van der Waals surface area (Å²) in [6, 6.07) is 8.06. The molecule has 4 heteroatoms. The minimum Gasteiger partial charge on any atom is -0.326 e. The van der Waals surface area contributed by atoms with Crippen molar-refractivity contribution >= 4 is 23.4 Å². The number of carbonyl (C=O) groups excluding carboxylic acids is 1. The standard InChI is InChI=1S/C12H16N2OS/c1-2-9(13)7-14-10-5-3-4-6-11(10)16-8-12(14)15/h3-6,9H,2,7-8,13H2,1H3. The van der Waals surface area contributed by atoms with Gasteiger partial charge in [-0.3, -0.25) is 4.79 Å². The van der Waals surface area contributed by atoms with Crippen LogP contribution in [0.15, 0.2) is 29.2 Å². The predicted octanol–water partition coefficient (Wildman–Crippen LogP) is 1.86. The van der Waals surface area contributed by atoms with E-state index in [-0.39, 0.29) is 11.9 Å². The zero-order valence-electron chi connectivity index (χ0n) is 9.35. The summed E-state index contributed by atoms with van der Waals surface area (Å²) in [6.07, 6.45) is 0.888. The molecular formula is C12H16N2OS. The van der Waals surface area contributed by atoms with E-state index in [1.807, 2.05) is 30.0 Å². The van der Waals surface area contributed by atoms with Crippen molar-refractivity contribution in [3.8, 4) is 0 Å². The molecule has 0 bridgehead atoms. The fraction of sp³-hybridized carbons (Fsp3) is 0.417. The van der Waals surface area contributed by atoms with Gasteiger partial charge in [-0.15, -0.1) is 11.8 Å². The number of amides is 1. The van der Waals surface area contributed by atoms with Gasteiger partial charge in [0.15, 0.2) is 0 Å². The fourth-order valence-electron chi connectivity index (χ4n) is 1.72. The number of benzene rings is 1. The second-order valence-corrected chi connectivity index (χ2v) is 4.95. The van der Waals surface area contributed by atoms with Gasteiger partial charge in [0.2, 0.25) is 5.91 Å². The lowest BCUT2D eigenvalue weighted by atomic mass is 10.2. The summed E-state index contributed by atoms with van der Waals surface area (Å²) in [4.78, 5) is 14.8. The van der Waals surface area contributed by atoms with Crippen molar-refractivity contribution < 1.29 is 4.79 Å². The number of fused-ring (bicyclic) bond motifs is 1. The summed E-state index contributed by atoms with van der Waals surface area (Å²) in [5, 5.41) is 0. The third kappa shape index (κ3) is 2.23. The Balaban J connectivity index is 2.26. The molecule has 0 aliphatic carbocycles.